The van der Waals surface area contributed by atoms with E-state index in [0.717, 1.165) is 6.42 Å². The van der Waals surface area contributed by atoms with Crippen LogP contribution >= 0.6 is 0 Å². The van der Waals surface area contributed by atoms with Crippen LogP contribution in [-0.4, -0.2) is 18.1 Å². The molecule has 0 aliphatic heterocycles. The normalized spacial score (nSPS) is 33.8. The Labute approximate surface area is 72.6 Å². The maximum absolute atomic E-state index is 11.2. The Morgan fingerprint density at radius 2 is 2.50 bits per heavy atom. The van der Waals surface area contributed by atoms with Gasteiger partial charge in [-0.3, -0.25) is 4.79 Å². The lowest BCUT2D eigenvalue weighted by Crippen LogP contribution is -2.36. The van der Waals surface area contributed by atoms with Crippen molar-refractivity contribution in [3.05, 3.63) is 12.2 Å². The van der Waals surface area contributed by atoms with Crippen LogP contribution < -0.4 is 5.73 Å². The van der Waals surface area contributed by atoms with Crippen molar-refractivity contribution in [1.29, 1.82) is 0 Å². The van der Waals surface area contributed by atoms with Gasteiger partial charge in [0.15, 0.2) is 0 Å². The van der Waals surface area contributed by atoms with Crippen LogP contribution in [0.5, 0.6) is 0 Å². The molecule has 3 nitrogen and oxygen atoms in total. The summed E-state index contributed by atoms with van der Waals surface area (Å²) in [5.41, 5.74) is 5.06. The SMILES string of the molecule is C/C=C/[C@@H]1C[C@]1(N)C(=O)OCC. The van der Waals surface area contributed by atoms with E-state index >= 15 is 0 Å². The Kier molecular flexibility index (Phi) is 2.52. The zero-order valence-electron chi connectivity index (χ0n) is 7.54. The monoisotopic (exact) mass is 169 g/mol. The second-order valence-electron chi connectivity index (χ2n) is 3.10. The van der Waals surface area contributed by atoms with Crippen molar-refractivity contribution in [1.82, 2.24) is 0 Å². The van der Waals surface area contributed by atoms with Crippen LogP contribution in [0.3, 0.4) is 0 Å². The molecule has 0 bridgehead atoms. The van der Waals surface area contributed by atoms with Gasteiger partial charge < -0.3 is 10.5 Å². The van der Waals surface area contributed by atoms with Crippen LogP contribution in [-0.2, 0) is 9.53 Å². The van der Waals surface area contributed by atoms with Crippen molar-refractivity contribution in [3.8, 4) is 0 Å². The maximum Gasteiger partial charge on any atom is 0.326 e. The van der Waals surface area contributed by atoms with E-state index in [9.17, 15) is 4.79 Å². The Balaban J connectivity index is 2.48. The summed E-state index contributed by atoms with van der Waals surface area (Å²) in [4.78, 5) is 11.2. The molecular weight excluding hydrogens is 154 g/mol. The fourth-order valence-electron chi connectivity index (χ4n) is 1.28. The molecule has 1 aliphatic rings. The number of esters is 1. The highest BCUT2D eigenvalue weighted by atomic mass is 16.5. The van der Waals surface area contributed by atoms with Crippen molar-refractivity contribution in [3.63, 3.8) is 0 Å². The Hall–Kier alpha value is -0.830. The van der Waals surface area contributed by atoms with E-state index in [1.165, 1.54) is 0 Å². The second kappa shape index (κ2) is 3.27. The molecule has 1 aliphatic carbocycles. The molecule has 0 amide bonds. The molecule has 0 spiro atoms. The summed E-state index contributed by atoms with van der Waals surface area (Å²) in [5.74, 6) is -0.0883. The van der Waals surface area contributed by atoms with Gasteiger partial charge in [-0.15, -0.1) is 0 Å². The summed E-state index contributed by atoms with van der Waals surface area (Å²) in [6.07, 6.45) is 4.59. The average Bonchev–Trinajstić information content (AvgIpc) is 2.65. The summed E-state index contributed by atoms with van der Waals surface area (Å²) < 4.78 is 4.85. The molecular formula is C9H15NO2. The molecule has 12 heavy (non-hydrogen) atoms. The largest absolute Gasteiger partial charge is 0.465 e. The molecule has 0 heterocycles. The van der Waals surface area contributed by atoms with Crippen LogP contribution in [0.2, 0.25) is 0 Å². The first-order valence-corrected chi connectivity index (χ1v) is 4.24. The smallest absolute Gasteiger partial charge is 0.326 e. The van der Waals surface area contributed by atoms with Crippen molar-refractivity contribution >= 4 is 5.97 Å². The quantitative estimate of drug-likeness (QED) is 0.503. The predicted molar refractivity (Wildman–Crippen MR) is 46.5 cm³/mol. The van der Waals surface area contributed by atoms with Gasteiger partial charge in [0.25, 0.3) is 0 Å². The van der Waals surface area contributed by atoms with E-state index in [2.05, 4.69) is 0 Å². The number of ether oxygens (including phenoxy) is 1. The van der Waals surface area contributed by atoms with Crippen LogP contribution in [0, 0.1) is 5.92 Å². The molecule has 2 atom stereocenters. The highest BCUT2D eigenvalue weighted by Gasteiger charge is 2.56. The number of nitrogens with two attached hydrogens (primary N) is 1. The fourth-order valence-corrected chi connectivity index (χ4v) is 1.28. The molecule has 1 rings (SSSR count). The van der Waals surface area contributed by atoms with Gasteiger partial charge in [0.05, 0.1) is 6.61 Å². The lowest BCUT2D eigenvalue weighted by atomic mass is 10.2. The van der Waals surface area contributed by atoms with Crippen molar-refractivity contribution in [2.45, 2.75) is 25.8 Å². The van der Waals surface area contributed by atoms with Gasteiger partial charge in [-0.25, -0.2) is 0 Å². The predicted octanol–water partition coefficient (Wildman–Crippen LogP) is 0.843. The van der Waals surface area contributed by atoms with Crippen LogP contribution in [0.25, 0.3) is 0 Å². The third-order valence-electron chi connectivity index (χ3n) is 2.14. The van der Waals surface area contributed by atoms with Crippen molar-refractivity contribution < 1.29 is 9.53 Å². The minimum absolute atomic E-state index is 0.182. The molecule has 3 heteroatoms. The van der Waals surface area contributed by atoms with E-state index in [-0.39, 0.29) is 11.9 Å². The zero-order chi connectivity index (χ0) is 9.19. The third-order valence-corrected chi connectivity index (χ3v) is 2.14. The maximum atomic E-state index is 11.2. The molecule has 0 aromatic heterocycles. The molecule has 0 unspecified atom stereocenters. The van der Waals surface area contributed by atoms with Crippen molar-refractivity contribution in [2.75, 3.05) is 6.61 Å². The van der Waals surface area contributed by atoms with E-state index < -0.39 is 5.54 Å². The molecule has 2 N–H and O–H groups in total. The highest BCUT2D eigenvalue weighted by molar-refractivity contribution is 5.85. The Bertz CT molecular complexity index is 213. The molecule has 1 fully saturated rings. The van der Waals surface area contributed by atoms with Gasteiger partial charge in [-0.2, -0.15) is 0 Å². The minimum atomic E-state index is -0.720. The van der Waals surface area contributed by atoms with Gasteiger partial charge in [-0.05, 0) is 20.3 Å². The number of hydrogen-bond acceptors (Lipinski definition) is 3. The number of allylic oxidation sites excluding steroid dienone is 1. The third kappa shape index (κ3) is 1.50. The summed E-state index contributed by atoms with van der Waals surface area (Å²) in [7, 11) is 0. The van der Waals surface area contributed by atoms with Crippen LogP contribution in [0.15, 0.2) is 12.2 Å². The number of hydrogen-bond donors (Lipinski definition) is 1. The first-order valence-electron chi connectivity index (χ1n) is 4.24. The highest BCUT2D eigenvalue weighted by Crippen LogP contribution is 2.42. The van der Waals surface area contributed by atoms with E-state index in [4.69, 9.17) is 10.5 Å². The minimum Gasteiger partial charge on any atom is -0.465 e. The lowest BCUT2D eigenvalue weighted by Gasteiger charge is -2.07. The van der Waals surface area contributed by atoms with E-state index in [1.807, 2.05) is 19.1 Å². The Morgan fingerprint density at radius 1 is 1.83 bits per heavy atom. The first-order chi connectivity index (χ1) is 5.65. The number of carbonyl (C=O) groups is 1. The first kappa shape index (κ1) is 9.26. The number of rotatable bonds is 3. The van der Waals surface area contributed by atoms with Gasteiger partial charge in [0.2, 0.25) is 0 Å². The van der Waals surface area contributed by atoms with Gasteiger partial charge in [0, 0.05) is 5.92 Å². The lowest BCUT2D eigenvalue weighted by molar-refractivity contribution is -0.146. The summed E-state index contributed by atoms with van der Waals surface area (Å²) in [6, 6.07) is 0. The fraction of sp³-hybridized carbons (Fsp3) is 0.667. The summed E-state index contributed by atoms with van der Waals surface area (Å²) in [6.45, 7) is 4.11. The summed E-state index contributed by atoms with van der Waals surface area (Å²) in [5, 5.41) is 0. The van der Waals surface area contributed by atoms with E-state index in [1.54, 1.807) is 6.92 Å². The van der Waals surface area contributed by atoms with Crippen molar-refractivity contribution in [2.24, 2.45) is 11.7 Å². The van der Waals surface area contributed by atoms with Gasteiger partial charge >= 0.3 is 5.97 Å². The zero-order valence-corrected chi connectivity index (χ0v) is 7.54. The second-order valence-corrected chi connectivity index (χ2v) is 3.10. The van der Waals surface area contributed by atoms with Crippen LogP contribution in [0.4, 0.5) is 0 Å². The van der Waals surface area contributed by atoms with Gasteiger partial charge in [-0.1, -0.05) is 12.2 Å². The average molecular weight is 169 g/mol. The molecule has 0 radical (unpaired) electrons. The molecule has 0 aromatic carbocycles. The molecule has 68 valence electrons. The number of carbonyl (C=O) groups excluding carboxylic acids is 1. The Morgan fingerprint density at radius 3 is 3.00 bits per heavy atom. The van der Waals surface area contributed by atoms with E-state index in [0.29, 0.717) is 6.61 Å². The molecule has 0 aromatic rings. The molecule has 0 saturated heterocycles. The molecule has 1 saturated carbocycles. The van der Waals surface area contributed by atoms with Crippen LogP contribution in [0.1, 0.15) is 20.3 Å². The topological polar surface area (TPSA) is 52.3 Å². The van der Waals surface area contributed by atoms with Gasteiger partial charge in [0.1, 0.15) is 5.54 Å². The standard InChI is InChI=1S/C9H15NO2/c1-3-5-7-6-9(7,10)8(11)12-4-2/h3,5,7H,4,6,10H2,1-2H3/b5-3+/t7-,9-/m1/s1. The summed E-state index contributed by atoms with van der Waals surface area (Å²) >= 11 is 0.